The molecule has 0 spiro atoms. The molecule has 0 bridgehead atoms. The first-order chi connectivity index (χ1) is 15.2. The third kappa shape index (κ3) is 3.72. The van der Waals surface area contributed by atoms with Gasteiger partial charge < -0.3 is 10.2 Å². The summed E-state index contributed by atoms with van der Waals surface area (Å²) < 4.78 is 26.1. The summed E-state index contributed by atoms with van der Waals surface area (Å²) in [5.74, 6) is -0.470. The van der Waals surface area contributed by atoms with Crippen molar-refractivity contribution in [1.29, 1.82) is 0 Å². The Labute approximate surface area is 189 Å². The fourth-order valence-electron chi connectivity index (χ4n) is 5.02. The Morgan fingerprint density at radius 1 is 1.00 bits per heavy atom. The molecular formula is C25H30N2O4S. The third-order valence-corrected chi connectivity index (χ3v) is 9.45. The van der Waals surface area contributed by atoms with Gasteiger partial charge in [-0.1, -0.05) is 25.0 Å². The van der Waals surface area contributed by atoms with Gasteiger partial charge in [0.2, 0.25) is 11.8 Å². The number of aryl methyl sites for hydroxylation is 3. The highest BCUT2D eigenvalue weighted by Gasteiger charge is 2.53. The number of nitrogens with one attached hydrogen (secondary N) is 1. The molecule has 0 radical (unpaired) electrons. The predicted molar refractivity (Wildman–Crippen MR) is 126 cm³/mol. The minimum atomic E-state index is -3.88. The summed E-state index contributed by atoms with van der Waals surface area (Å²) in [5.41, 5.74) is 3.93. The smallest absolute Gasteiger partial charge is 0.246 e. The zero-order valence-electron chi connectivity index (χ0n) is 18.9. The zero-order chi connectivity index (χ0) is 23.1. The van der Waals surface area contributed by atoms with Crippen LogP contribution in [0.3, 0.4) is 0 Å². The number of carbonyl (C=O) groups excluding carboxylic acids is 2. The normalized spacial score (nSPS) is 17.7. The van der Waals surface area contributed by atoms with Crippen LogP contribution >= 0.6 is 0 Å². The summed E-state index contributed by atoms with van der Waals surface area (Å²) in [7, 11) is -3.88. The lowest BCUT2D eigenvalue weighted by Crippen LogP contribution is -2.47. The van der Waals surface area contributed by atoms with Crippen LogP contribution < -0.4 is 10.2 Å². The van der Waals surface area contributed by atoms with Crippen molar-refractivity contribution < 1.29 is 18.0 Å². The average molecular weight is 455 g/mol. The van der Waals surface area contributed by atoms with Gasteiger partial charge in [0, 0.05) is 24.8 Å². The van der Waals surface area contributed by atoms with Crippen molar-refractivity contribution in [3.8, 4) is 0 Å². The van der Waals surface area contributed by atoms with Gasteiger partial charge in [-0.05, 0) is 80.5 Å². The molecule has 1 heterocycles. The number of rotatable bonds is 4. The van der Waals surface area contributed by atoms with E-state index in [1.165, 1.54) is 0 Å². The average Bonchev–Trinajstić information content (AvgIpc) is 3.26. The summed E-state index contributed by atoms with van der Waals surface area (Å²) in [5, 5.41) is 2.91. The van der Waals surface area contributed by atoms with E-state index in [4.69, 9.17) is 0 Å². The second-order valence-electron chi connectivity index (χ2n) is 9.05. The van der Waals surface area contributed by atoms with Crippen molar-refractivity contribution in [2.45, 2.75) is 68.9 Å². The van der Waals surface area contributed by atoms with E-state index in [2.05, 4.69) is 5.32 Å². The number of benzene rings is 2. The van der Waals surface area contributed by atoms with Gasteiger partial charge in [0.25, 0.3) is 0 Å². The van der Waals surface area contributed by atoms with Crippen molar-refractivity contribution in [1.82, 2.24) is 0 Å². The molecule has 1 aliphatic heterocycles. The Morgan fingerprint density at radius 3 is 2.41 bits per heavy atom. The van der Waals surface area contributed by atoms with Gasteiger partial charge in [0.1, 0.15) is 0 Å². The molecule has 1 N–H and O–H groups in total. The molecular weight excluding hydrogens is 424 g/mol. The molecule has 170 valence electrons. The van der Waals surface area contributed by atoms with Crippen LogP contribution in [-0.4, -0.2) is 31.5 Å². The van der Waals surface area contributed by atoms with Gasteiger partial charge in [-0.15, -0.1) is 0 Å². The van der Waals surface area contributed by atoms with Crippen molar-refractivity contribution in [3.63, 3.8) is 0 Å². The lowest BCUT2D eigenvalue weighted by molar-refractivity contribution is -0.118. The van der Waals surface area contributed by atoms with Gasteiger partial charge in [0.05, 0.1) is 4.90 Å². The number of amides is 2. The van der Waals surface area contributed by atoms with Gasteiger partial charge in [-0.3, -0.25) is 9.59 Å². The first-order valence-electron chi connectivity index (χ1n) is 11.2. The molecule has 1 saturated carbocycles. The molecule has 0 unspecified atom stereocenters. The Morgan fingerprint density at radius 2 is 1.72 bits per heavy atom. The van der Waals surface area contributed by atoms with Crippen LogP contribution in [0.25, 0.3) is 0 Å². The number of hydrogen-bond acceptors (Lipinski definition) is 4. The van der Waals surface area contributed by atoms with Crippen LogP contribution in [0.1, 0.15) is 55.7 Å². The molecule has 2 amide bonds. The number of fused-ring (bicyclic) bond motifs is 1. The molecule has 2 aliphatic rings. The lowest BCUT2D eigenvalue weighted by atomic mass is 10.0. The van der Waals surface area contributed by atoms with Crippen molar-refractivity contribution in [2.75, 3.05) is 16.8 Å². The summed E-state index contributed by atoms with van der Waals surface area (Å²) >= 11 is 0. The Balaban J connectivity index is 1.68. The Hall–Kier alpha value is -2.67. The van der Waals surface area contributed by atoms with E-state index >= 15 is 0 Å². The van der Waals surface area contributed by atoms with Crippen LogP contribution in [-0.2, 0) is 25.8 Å². The maximum Gasteiger partial charge on any atom is 0.246 e. The summed E-state index contributed by atoms with van der Waals surface area (Å²) in [6.45, 7) is 5.87. The van der Waals surface area contributed by atoms with E-state index in [0.717, 1.165) is 29.7 Å². The van der Waals surface area contributed by atoms with Crippen molar-refractivity contribution in [2.24, 2.45) is 0 Å². The summed E-state index contributed by atoms with van der Waals surface area (Å²) in [4.78, 5) is 27.5. The SMILES string of the molecule is CC(=O)N1CCCc2cc(NC(=O)C3(S(=O)(=O)c4cc(C)ccc4C)CCCC3)ccc21. The minimum Gasteiger partial charge on any atom is -0.325 e. The minimum absolute atomic E-state index is 0.00716. The first kappa shape index (κ1) is 22.5. The van der Waals surface area contributed by atoms with Crippen LogP contribution in [0.2, 0.25) is 0 Å². The number of nitrogens with zero attached hydrogens (tertiary/aromatic N) is 1. The molecule has 0 atom stereocenters. The largest absolute Gasteiger partial charge is 0.325 e. The molecule has 1 aliphatic carbocycles. The first-order valence-corrected chi connectivity index (χ1v) is 12.7. The van der Waals surface area contributed by atoms with Gasteiger partial charge in [0.15, 0.2) is 14.6 Å². The quantitative estimate of drug-likeness (QED) is 0.745. The van der Waals surface area contributed by atoms with E-state index in [1.807, 2.05) is 25.1 Å². The monoisotopic (exact) mass is 454 g/mol. The Kier molecular flexibility index (Phi) is 5.88. The van der Waals surface area contributed by atoms with E-state index in [0.29, 0.717) is 43.5 Å². The van der Waals surface area contributed by atoms with Crippen LogP contribution in [0, 0.1) is 13.8 Å². The molecule has 1 fully saturated rings. The molecule has 2 aromatic carbocycles. The fourth-order valence-corrected chi connectivity index (χ4v) is 7.39. The van der Waals surface area contributed by atoms with Crippen LogP contribution in [0.4, 0.5) is 11.4 Å². The number of hydrogen-bond donors (Lipinski definition) is 1. The molecule has 4 rings (SSSR count). The van der Waals surface area contributed by atoms with Crippen LogP contribution in [0.5, 0.6) is 0 Å². The highest BCUT2D eigenvalue weighted by atomic mass is 32.2. The standard InChI is InChI=1S/C25H30N2O4S/c1-17-8-9-18(2)23(15-17)32(30,31)25(12-4-5-13-25)24(29)26-21-10-11-22-20(16-21)7-6-14-27(22)19(3)28/h8-11,15-16H,4-7,12-14H2,1-3H3,(H,26,29). The molecule has 6 nitrogen and oxygen atoms in total. The maximum absolute atomic E-state index is 13.8. The van der Waals surface area contributed by atoms with Crippen molar-refractivity contribution >= 4 is 33.0 Å². The third-order valence-electron chi connectivity index (χ3n) is 6.81. The van der Waals surface area contributed by atoms with E-state index < -0.39 is 20.5 Å². The van der Waals surface area contributed by atoms with Crippen LogP contribution in [0.15, 0.2) is 41.3 Å². The summed E-state index contributed by atoms with van der Waals surface area (Å²) in [6, 6.07) is 10.8. The number of sulfone groups is 1. The molecule has 0 aromatic heterocycles. The van der Waals surface area contributed by atoms with Gasteiger partial charge >= 0.3 is 0 Å². The predicted octanol–water partition coefficient (Wildman–Crippen LogP) is 4.33. The van der Waals surface area contributed by atoms with E-state index in [1.54, 1.807) is 36.9 Å². The molecule has 32 heavy (non-hydrogen) atoms. The Bertz CT molecular complexity index is 1180. The van der Waals surface area contributed by atoms with E-state index in [9.17, 15) is 18.0 Å². The topological polar surface area (TPSA) is 83.6 Å². The number of anilines is 2. The second kappa shape index (κ2) is 8.35. The number of carbonyl (C=O) groups is 2. The molecule has 2 aromatic rings. The molecule has 7 heteroatoms. The maximum atomic E-state index is 13.8. The lowest BCUT2D eigenvalue weighted by Gasteiger charge is -2.30. The highest BCUT2D eigenvalue weighted by Crippen LogP contribution is 2.42. The zero-order valence-corrected chi connectivity index (χ0v) is 19.7. The second-order valence-corrected chi connectivity index (χ2v) is 11.3. The summed E-state index contributed by atoms with van der Waals surface area (Å²) in [6.07, 6.45) is 3.71. The highest BCUT2D eigenvalue weighted by molar-refractivity contribution is 7.93. The molecule has 0 saturated heterocycles. The van der Waals surface area contributed by atoms with E-state index in [-0.39, 0.29) is 10.8 Å². The fraction of sp³-hybridized carbons (Fsp3) is 0.440. The van der Waals surface area contributed by atoms with Gasteiger partial charge in [-0.2, -0.15) is 0 Å². The van der Waals surface area contributed by atoms with Crippen molar-refractivity contribution in [3.05, 3.63) is 53.1 Å². The van der Waals surface area contributed by atoms with Gasteiger partial charge in [-0.25, -0.2) is 8.42 Å².